The van der Waals surface area contributed by atoms with E-state index >= 15 is 0 Å². The van der Waals surface area contributed by atoms with E-state index in [1.165, 1.54) is 6.42 Å². The van der Waals surface area contributed by atoms with Crippen molar-refractivity contribution in [1.82, 2.24) is 0 Å². The number of ether oxygens (including phenoxy) is 1. The van der Waals surface area contributed by atoms with Gasteiger partial charge in [0.1, 0.15) is 5.82 Å². The van der Waals surface area contributed by atoms with E-state index in [0.29, 0.717) is 11.5 Å². The topological polar surface area (TPSA) is 38.5 Å². The van der Waals surface area contributed by atoms with Crippen LogP contribution in [0, 0.1) is 18.7 Å². The summed E-state index contributed by atoms with van der Waals surface area (Å²) in [5, 5.41) is 0. The van der Waals surface area contributed by atoms with Crippen molar-refractivity contribution in [3.63, 3.8) is 0 Å². The lowest BCUT2D eigenvalue weighted by Gasteiger charge is -2.30. The zero-order valence-electron chi connectivity index (χ0n) is 12.7. The molecule has 2 rings (SSSR count). The van der Waals surface area contributed by atoms with Gasteiger partial charge in [0.25, 0.3) is 0 Å². The van der Waals surface area contributed by atoms with Crippen molar-refractivity contribution in [2.24, 2.45) is 11.7 Å². The number of hydrogen-bond acceptors (Lipinski definition) is 3. The normalized spacial score (nSPS) is 20.8. The third kappa shape index (κ3) is 3.49. The highest BCUT2D eigenvalue weighted by molar-refractivity contribution is 5.56. The van der Waals surface area contributed by atoms with Gasteiger partial charge in [0.15, 0.2) is 0 Å². The quantitative estimate of drug-likeness (QED) is 0.921. The zero-order valence-corrected chi connectivity index (χ0v) is 12.7. The Balaban J connectivity index is 2.19. The van der Waals surface area contributed by atoms with Crippen molar-refractivity contribution in [2.75, 3.05) is 31.7 Å². The number of anilines is 1. The maximum atomic E-state index is 13.7. The molecule has 1 aliphatic heterocycles. The predicted octanol–water partition coefficient (Wildman–Crippen LogP) is 3.02. The lowest BCUT2D eigenvalue weighted by Crippen LogP contribution is -2.32. The second kappa shape index (κ2) is 6.55. The summed E-state index contributed by atoms with van der Waals surface area (Å²) in [6.07, 6.45) is 2.32. The summed E-state index contributed by atoms with van der Waals surface area (Å²) in [6.45, 7) is 6.30. The van der Waals surface area contributed by atoms with Crippen LogP contribution in [0.15, 0.2) is 12.1 Å². The van der Waals surface area contributed by atoms with Crippen molar-refractivity contribution < 1.29 is 9.13 Å². The van der Waals surface area contributed by atoms with Crippen molar-refractivity contribution >= 4 is 5.69 Å². The fourth-order valence-electron chi connectivity index (χ4n) is 2.81. The van der Waals surface area contributed by atoms with Crippen molar-refractivity contribution in [3.05, 3.63) is 29.1 Å². The molecule has 2 N–H and O–H groups in total. The molecule has 1 fully saturated rings. The summed E-state index contributed by atoms with van der Waals surface area (Å²) >= 11 is 0. The van der Waals surface area contributed by atoms with Crippen LogP contribution in [0.3, 0.4) is 0 Å². The van der Waals surface area contributed by atoms with Crippen LogP contribution in [-0.4, -0.2) is 26.8 Å². The maximum absolute atomic E-state index is 13.7. The first-order valence-corrected chi connectivity index (χ1v) is 7.33. The summed E-state index contributed by atoms with van der Waals surface area (Å²) in [6, 6.07) is 3.30. The first-order valence-electron chi connectivity index (χ1n) is 7.33. The van der Waals surface area contributed by atoms with Crippen molar-refractivity contribution in [1.29, 1.82) is 0 Å². The minimum absolute atomic E-state index is 0.176. The number of halogens is 1. The molecule has 3 nitrogen and oxygen atoms in total. The van der Waals surface area contributed by atoms with Gasteiger partial charge in [-0.2, -0.15) is 0 Å². The Morgan fingerprint density at radius 1 is 1.50 bits per heavy atom. The van der Waals surface area contributed by atoms with Crippen molar-refractivity contribution in [2.45, 2.75) is 32.7 Å². The average molecular weight is 280 g/mol. The summed E-state index contributed by atoms with van der Waals surface area (Å²) in [7, 11) is 2.05. The van der Waals surface area contributed by atoms with E-state index in [1.807, 2.05) is 20.0 Å². The molecular weight excluding hydrogens is 255 g/mol. The predicted molar refractivity (Wildman–Crippen MR) is 80.6 cm³/mol. The van der Waals surface area contributed by atoms with Gasteiger partial charge in [-0.25, -0.2) is 4.39 Å². The second-order valence-electron chi connectivity index (χ2n) is 5.91. The Hall–Kier alpha value is -1.13. The molecule has 1 aliphatic rings. The van der Waals surface area contributed by atoms with E-state index in [1.54, 1.807) is 13.0 Å². The summed E-state index contributed by atoms with van der Waals surface area (Å²) in [5.74, 6) is 0.357. The van der Waals surface area contributed by atoms with Crippen LogP contribution >= 0.6 is 0 Å². The van der Waals surface area contributed by atoms with Crippen LogP contribution in [0.2, 0.25) is 0 Å². The molecule has 0 amide bonds. The van der Waals surface area contributed by atoms with Gasteiger partial charge >= 0.3 is 0 Å². The molecule has 0 radical (unpaired) electrons. The van der Waals surface area contributed by atoms with Crippen LogP contribution in [-0.2, 0) is 4.74 Å². The fraction of sp³-hybridized carbons (Fsp3) is 0.625. The smallest absolute Gasteiger partial charge is 0.126 e. The number of nitrogens with zero attached hydrogens (tertiary/aromatic N) is 1. The van der Waals surface area contributed by atoms with Gasteiger partial charge in [-0.05, 0) is 55.9 Å². The summed E-state index contributed by atoms with van der Waals surface area (Å²) in [4.78, 5) is 2.18. The van der Waals surface area contributed by atoms with E-state index < -0.39 is 0 Å². The zero-order chi connectivity index (χ0) is 14.7. The molecule has 0 saturated carbocycles. The Kier molecular flexibility index (Phi) is 5.00. The van der Waals surface area contributed by atoms with E-state index in [0.717, 1.165) is 37.4 Å². The third-order valence-electron chi connectivity index (χ3n) is 4.00. The molecule has 1 aromatic carbocycles. The van der Waals surface area contributed by atoms with Gasteiger partial charge in [-0.3, -0.25) is 0 Å². The molecule has 20 heavy (non-hydrogen) atoms. The summed E-state index contributed by atoms with van der Waals surface area (Å²) < 4.78 is 19.3. The van der Waals surface area contributed by atoms with E-state index in [2.05, 4.69) is 4.90 Å². The molecule has 1 heterocycles. The Labute approximate surface area is 120 Å². The van der Waals surface area contributed by atoms with Crippen LogP contribution < -0.4 is 10.6 Å². The van der Waals surface area contributed by atoms with Crippen LogP contribution in [0.1, 0.15) is 36.9 Å². The van der Waals surface area contributed by atoms with Crippen molar-refractivity contribution in [3.8, 4) is 0 Å². The SMILES string of the molecule is Cc1cc(N(C)CC2CCCOC2)c([C@@H](C)N)cc1F. The van der Waals surface area contributed by atoms with Crippen LogP contribution in [0.5, 0.6) is 0 Å². The minimum Gasteiger partial charge on any atom is -0.381 e. The molecule has 1 aromatic rings. The van der Waals surface area contributed by atoms with Gasteiger partial charge in [0, 0.05) is 31.9 Å². The highest BCUT2D eigenvalue weighted by Crippen LogP contribution is 2.29. The first kappa shape index (κ1) is 15.3. The molecule has 0 aromatic heterocycles. The number of benzene rings is 1. The summed E-state index contributed by atoms with van der Waals surface area (Å²) in [5.41, 5.74) is 8.55. The minimum atomic E-state index is -0.185. The Bertz CT molecular complexity index is 456. The van der Waals surface area contributed by atoms with Gasteiger partial charge in [-0.1, -0.05) is 0 Å². The van der Waals surface area contributed by atoms with Gasteiger partial charge < -0.3 is 15.4 Å². The van der Waals surface area contributed by atoms with Gasteiger partial charge in [-0.15, -0.1) is 0 Å². The van der Waals surface area contributed by atoms with Gasteiger partial charge in [0.05, 0.1) is 6.61 Å². The largest absolute Gasteiger partial charge is 0.381 e. The average Bonchev–Trinajstić information content (AvgIpc) is 2.42. The molecule has 1 unspecified atom stereocenters. The molecule has 2 atom stereocenters. The first-order chi connectivity index (χ1) is 9.49. The highest BCUT2D eigenvalue weighted by atomic mass is 19.1. The van der Waals surface area contributed by atoms with Gasteiger partial charge in [0.2, 0.25) is 0 Å². The molecule has 4 heteroatoms. The number of aryl methyl sites for hydroxylation is 1. The van der Waals surface area contributed by atoms with E-state index in [-0.39, 0.29) is 11.9 Å². The number of rotatable bonds is 4. The maximum Gasteiger partial charge on any atom is 0.126 e. The molecule has 0 aliphatic carbocycles. The van der Waals surface area contributed by atoms with E-state index in [9.17, 15) is 4.39 Å². The third-order valence-corrected chi connectivity index (χ3v) is 4.00. The molecule has 1 saturated heterocycles. The Morgan fingerprint density at radius 3 is 2.85 bits per heavy atom. The molecular formula is C16H25FN2O. The molecule has 0 spiro atoms. The van der Waals surface area contributed by atoms with E-state index in [4.69, 9.17) is 10.5 Å². The molecule has 112 valence electrons. The lowest BCUT2D eigenvalue weighted by molar-refractivity contribution is 0.0576. The highest BCUT2D eigenvalue weighted by Gasteiger charge is 2.19. The number of nitrogens with two attached hydrogens (primary N) is 1. The van der Waals surface area contributed by atoms with Crippen LogP contribution in [0.25, 0.3) is 0 Å². The monoisotopic (exact) mass is 280 g/mol. The standard InChI is InChI=1S/C16H25FN2O/c1-11-7-16(14(12(2)18)8-15(11)17)19(3)9-13-5-4-6-20-10-13/h7-8,12-13H,4-6,9-10,18H2,1-3H3/t12-,13?/m1/s1. The number of hydrogen-bond donors (Lipinski definition) is 1. The lowest BCUT2D eigenvalue weighted by atomic mass is 9.99. The molecule has 0 bridgehead atoms. The fourth-order valence-corrected chi connectivity index (χ4v) is 2.81. The second-order valence-corrected chi connectivity index (χ2v) is 5.91. The Morgan fingerprint density at radius 2 is 2.25 bits per heavy atom. The van der Waals surface area contributed by atoms with Crippen LogP contribution in [0.4, 0.5) is 10.1 Å².